The van der Waals surface area contributed by atoms with Gasteiger partial charge >= 0.3 is 5.97 Å². The second-order valence-electron chi connectivity index (χ2n) is 4.07. The number of esters is 1. The lowest BCUT2D eigenvalue weighted by Gasteiger charge is -2.36. The third kappa shape index (κ3) is 2.04. The summed E-state index contributed by atoms with van der Waals surface area (Å²) in [5.74, 6) is -0.587. The normalized spacial score (nSPS) is 26.8. The molecule has 0 aromatic rings. The van der Waals surface area contributed by atoms with Gasteiger partial charge in [-0.3, -0.25) is 9.59 Å². The highest BCUT2D eigenvalue weighted by molar-refractivity contribution is 6.04. The minimum atomic E-state index is -1.08. The molecule has 15 heavy (non-hydrogen) atoms. The molecule has 1 atom stereocenters. The average Bonchev–Trinajstić information content (AvgIpc) is 2.18. The van der Waals surface area contributed by atoms with Crippen LogP contribution < -0.4 is 0 Å². The maximum absolute atomic E-state index is 11.9. The number of carbonyl (C=O) groups excluding carboxylic acids is 2. The van der Waals surface area contributed by atoms with Crippen LogP contribution in [0.2, 0.25) is 0 Å². The Labute approximate surface area is 89.9 Å². The van der Waals surface area contributed by atoms with Crippen LogP contribution in [0.15, 0.2) is 0 Å². The molecule has 0 aromatic heterocycles. The van der Waals surface area contributed by atoms with Crippen molar-refractivity contribution in [3.63, 3.8) is 0 Å². The van der Waals surface area contributed by atoms with E-state index in [0.717, 1.165) is 0 Å². The molecule has 0 radical (unpaired) electrons. The minimum absolute atomic E-state index is 0.0535. The van der Waals surface area contributed by atoms with Gasteiger partial charge in [0.15, 0.2) is 11.2 Å². The van der Waals surface area contributed by atoms with Crippen LogP contribution >= 0.6 is 0 Å². The van der Waals surface area contributed by atoms with Gasteiger partial charge < -0.3 is 9.47 Å². The van der Waals surface area contributed by atoms with Crippen molar-refractivity contribution in [3.05, 3.63) is 0 Å². The van der Waals surface area contributed by atoms with Gasteiger partial charge in [0.25, 0.3) is 0 Å². The van der Waals surface area contributed by atoms with Gasteiger partial charge in [-0.2, -0.15) is 0 Å². The van der Waals surface area contributed by atoms with E-state index < -0.39 is 11.4 Å². The predicted octanol–water partition coefficient (Wildman–Crippen LogP) is 1.18. The summed E-state index contributed by atoms with van der Waals surface area (Å²) in [4.78, 5) is 23.7. The van der Waals surface area contributed by atoms with E-state index in [9.17, 15) is 9.59 Å². The molecule has 0 N–H and O–H groups in total. The van der Waals surface area contributed by atoms with Crippen LogP contribution in [0.5, 0.6) is 0 Å². The SMILES string of the molecule is CCOC(=O)C1(C(C)C)COCCC1=O. The van der Waals surface area contributed by atoms with E-state index in [1.54, 1.807) is 6.92 Å². The van der Waals surface area contributed by atoms with Crippen LogP contribution in [0.4, 0.5) is 0 Å². The monoisotopic (exact) mass is 214 g/mol. The van der Waals surface area contributed by atoms with Gasteiger partial charge in [0, 0.05) is 6.42 Å². The lowest BCUT2D eigenvalue weighted by Crippen LogP contribution is -2.51. The number of ketones is 1. The first-order chi connectivity index (χ1) is 7.05. The molecule has 1 unspecified atom stereocenters. The van der Waals surface area contributed by atoms with Crippen LogP contribution in [0.25, 0.3) is 0 Å². The number of Topliss-reactive ketones (excluding diaryl/α,β-unsaturated/α-hetero) is 1. The first-order valence-corrected chi connectivity index (χ1v) is 5.34. The molecule has 1 aliphatic heterocycles. The fourth-order valence-electron chi connectivity index (χ4n) is 1.86. The van der Waals surface area contributed by atoms with Gasteiger partial charge in [0.05, 0.1) is 19.8 Å². The van der Waals surface area contributed by atoms with Gasteiger partial charge in [-0.05, 0) is 12.8 Å². The molecular weight excluding hydrogens is 196 g/mol. The van der Waals surface area contributed by atoms with E-state index in [4.69, 9.17) is 9.47 Å². The molecule has 0 spiro atoms. The quantitative estimate of drug-likeness (QED) is 0.523. The van der Waals surface area contributed by atoms with Crippen molar-refractivity contribution in [2.75, 3.05) is 19.8 Å². The van der Waals surface area contributed by atoms with Crippen LogP contribution in [0.1, 0.15) is 27.2 Å². The first-order valence-electron chi connectivity index (χ1n) is 5.34. The van der Waals surface area contributed by atoms with Crippen molar-refractivity contribution >= 4 is 11.8 Å². The molecule has 1 fully saturated rings. The van der Waals surface area contributed by atoms with E-state index in [1.165, 1.54) is 0 Å². The Morgan fingerprint density at radius 3 is 2.73 bits per heavy atom. The zero-order valence-corrected chi connectivity index (χ0v) is 9.54. The van der Waals surface area contributed by atoms with Gasteiger partial charge in [-0.15, -0.1) is 0 Å². The fourth-order valence-corrected chi connectivity index (χ4v) is 1.86. The molecular formula is C11H18O4. The Balaban J connectivity index is 2.95. The van der Waals surface area contributed by atoms with Crippen molar-refractivity contribution in [3.8, 4) is 0 Å². The highest BCUT2D eigenvalue weighted by Crippen LogP contribution is 2.34. The molecule has 0 saturated carbocycles. The second-order valence-corrected chi connectivity index (χ2v) is 4.07. The summed E-state index contributed by atoms with van der Waals surface area (Å²) >= 11 is 0. The lowest BCUT2D eigenvalue weighted by atomic mass is 9.72. The molecule has 86 valence electrons. The standard InChI is InChI=1S/C11H18O4/c1-4-15-10(13)11(8(2)3)7-14-6-5-9(11)12/h8H,4-7H2,1-3H3. The molecule has 4 nitrogen and oxygen atoms in total. The maximum atomic E-state index is 11.9. The number of hydrogen-bond donors (Lipinski definition) is 0. The second kappa shape index (κ2) is 4.75. The number of ether oxygens (including phenoxy) is 2. The average molecular weight is 214 g/mol. The van der Waals surface area contributed by atoms with E-state index >= 15 is 0 Å². The van der Waals surface area contributed by atoms with Crippen LogP contribution in [-0.4, -0.2) is 31.6 Å². The van der Waals surface area contributed by atoms with E-state index in [-0.39, 0.29) is 18.3 Å². The summed E-state index contributed by atoms with van der Waals surface area (Å²) in [5, 5.41) is 0. The fraction of sp³-hybridized carbons (Fsp3) is 0.818. The highest BCUT2D eigenvalue weighted by atomic mass is 16.5. The Kier molecular flexibility index (Phi) is 3.85. The van der Waals surface area contributed by atoms with Crippen LogP contribution in [0, 0.1) is 11.3 Å². The van der Waals surface area contributed by atoms with E-state index in [1.807, 2.05) is 13.8 Å². The van der Waals surface area contributed by atoms with Crippen molar-refractivity contribution in [1.82, 2.24) is 0 Å². The lowest BCUT2D eigenvalue weighted by molar-refractivity contribution is -0.173. The summed E-state index contributed by atoms with van der Waals surface area (Å²) < 4.78 is 10.2. The molecule has 0 aliphatic carbocycles. The topological polar surface area (TPSA) is 52.6 Å². The molecule has 1 rings (SSSR count). The minimum Gasteiger partial charge on any atom is -0.465 e. The zero-order chi connectivity index (χ0) is 11.5. The molecule has 1 saturated heterocycles. The summed E-state index contributed by atoms with van der Waals surface area (Å²) in [6, 6.07) is 0. The summed E-state index contributed by atoms with van der Waals surface area (Å²) in [6.45, 7) is 6.29. The van der Waals surface area contributed by atoms with E-state index in [0.29, 0.717) is 19.6 Å². The summed E-state index contributed by atoms with van der Waals surface area (Å²) in [5.41, 5.74) is -1.08. The largest absolute Gasteiger partial charge is 0.465 e. The van der Waals surface area contributed by atoms with Crippen molar-refractivity contribution in [2.45, 2.75) is 27.2 Å². The van der Waals surface area contributed by atoms with Crippen molar-refractivity contribution in [1.29, 1.82) is 0 Å². The number of hydrogen-bond acceptors (Lipinski definition) is 4. The van der Waals surface area contributed by atoms with Gasteiger partial charge in [-0.25, -0.2) is 0 Å². The molecule has 0 bridgehead atoms. The third-order valence-corrected chi connectivity index (χ3v) is 2.93. The Hall–Kier alpha value is -0.900. The number of carbonyl (C=O) groups is 2. The predicted molar refractivity (Wildman–Crippen MR) is 54.3 cm³/mol. The first kappa shape index (κ1) is 12.2. The Bertz CT molecular complexity index is 259. The number of rotatable bonds is 3. The van der Waals surface area contributed by atoms with Gasteiger partial charge in [0.2, 0.25) is 0 Å². The van der Waals surface area contributed by atoms with Crippen molar-refractivity contribution in [2.24, 2.45) is 11.3 Å². The van der Waals surface area contributed by atoms with E-state index in [2.05, 4.69) is 0 Å². The summed E-state index contributed by atoms with van der Waals surface area (Å²) in [7, 11) is 0. The smallest absolute Gasteiger partial charge is 0.322 e. The van der Waals surface area contributed by atoms with Crippen LogP contribution in [0.3, 0.4) is 0 Å². The maximum Gasteiger partial charge on any atom is 0.322 e. The molecule has 0 amide bonds. The van der Waals surface area contributed by atoms with Crippen LogP contribution in [-0.2, 0) is 19.1 Å². The zero-order valence-electron chi connectivity index (χ0n) is 9.54. The third-order valence-electron chi connectivity index (χ3n) is 2.93. The summed E-state index contributed by atoms with van der Waals surface area (Å²) in [6.07, 6.45) is 0.303. The van der Waals surface area contributed by atoms with Gasteiger partial charge in [0.1, 0.15) is 0 Å². The molecule has 4 heteroatoms. The molecule has 0 aromatic carbocycles. The molecule has 1 heterocycles. The Morgan fingerprint density at radius 2 is 2.27 bits per heavy atom. The molecule has 1 aliphatic rings. The van der Waals surface area contributed by atoms with Crippen molar-refractivity contribution < 1.29 is 19.1 Å². The van der Waals surface area contributed by atoms with Gasteiger partial charge in [-0.1, -0.05) is 13.8 Å². The highest BCUT2D eigenvalue weighted by Gasteiger charge is 2.51. The Morgan fingerprint density at radius 1 is 1.60 bits per heavy atom.